The molecule has 0 N–H and O–H groups in total. The van der Waals surface area contributed by atoms with Crippen LogP contribution in [0.1, 0.15) is 33.4 Å². The predicted molar refractivity (Wildman–Crippen MR) is 241 cm³/mol. The molecule has 2 nitrogen and oxygen atoms in total. The average Bonchev–Trinajstić information content (AvgIpc) is 3.22. The van der Waals surface area contributed by atoms with E-state index in [1.165, 1.54) is 55.6 Å². The predicted octanol–water partition coefficient (Wildman–Crippen LogP) is 15.4. The van der Waals surface area contributed by atoms with Crippen molar-refractivity contribution in [2.45, 2.75) is 27.7 Å². The van der Waals surface area contributed by atoms with Gasteiger partial charge < -0.3 is 9.80 Å². The first-order chi connectivity index (χ1) is 27.4. The van der Waals surface area contributed by atoms with Crippen LogP contribution in [0.25, 0.3) is 34.4 Å². The number of rotatable bonds is 10. The highest BCUT2D eigenvalue weighted by atomic mass is 15.1. The Balaban J connectivity index is 0.950. The fraction of sp³-hybridized carbons (Fsp3) is 0.0741. The second-order valence-electron chi connectivity index (χ2n) is 14.7. The summed E-state index contributed by atoms with van der Waals surface area (Å²) in [6.45, 7) is 8.57. The monoisotopic (exact) mass is 722 g/mol. The van der Waals surface area contributed by atoms with Crippen LogP contribution in [0.15, 0.2) is 194 Å². The van der Waals surface area contributed by atoms with Gasteiger partial charge in [-0.3, -0.25) is 0 Å². The molecule has 0 aliphatic rings. The largest absolute Gasteiger partial charge is 0.310 e. The number of aryl methyl sites for hydroxylation is 4. The molecule has 56 heavy (non-hydrogen) atoms. The van der Waals surface area contributed by atoms with Crippen LogP contribution in [-0.2, 0) is 0 Å². The van der Waals surface area contributed by atoms with Gasteiger partial charge in [0.25, 0.3) is 0 Å². The van der Waals surface area contributed by atoms with Crippen molar-refractivity contribution in [2.75, 3.05) is 9.80 Å². The molecule has 0 aliphatic heterocycles. The molecule has 0 saturated carbocycles. The van der Waals surface area contributed by atoms with Crippen LogP contribution in [0.3, 0.4) is 0 Å². The molecule has 0 atom stereocenters. The van der Waals surface area contributed by atoms with Gasteiger partial charge in [0.05, 0.1) is 0 Å². The lowest BCUT2D eigenvalue weighted by atomic mass is 10.0. The van der Waals surface area contributed by atoms with Gasteiger partial charge in [0.15, 0.2) is 0 Å². The lowest BCUT2D eigenvalue weighted by Gasteiger charge is -2.26. The highest BCUT2D eigenvalue weighted by Crippen LogP contribution is 2.38. The van der Waals surface area contributed by atoms with Crippen molar-refractivity contribution >= 4 is 46.3 Å². The van der Waals surface area contributed by atoms with Crippen molar-refractivity contribution in [1.29, 1.82) is 0 Å². The summed E-state index contributed by atoms with van der Waals surface area (Å²) in [5.41, 5.74) is 19.0. The van der Waals surface area contributed by atoms with Gasteiger partial charge in [-0.05, 0) is 156 Å². The minimum Gasteiger partial charge on any atom is -0.310 e. The molecular formula is C54H46N2. The second-order valence-corrected chi connectivity index (χ2v) is 14.7. The van der Waals surface area contributed by atoms with E-state index in [4.69, 9.17) is 0 Å². The Morgan fingerprint density at radius 2 is 0.518 bits per heavy atom. The zero-order valence-electron chi connectivity index (χ0n) is 32.5. The number of benzene rings is 8. The fourth-order valence-electron chi connectivity index (χ4n) is 7.33. The van der Waals surface area contributed by atoms with E-state index in [1.807, 2.05) is 0 Å². The first-order valence-corrected chi connectivity index (χ1v) is 19.3. The van der Waals surface area contributed by atoms with Gasteiger partial charge in [-0.2, -0.15) is 0 Å². The van der Waals surface area contributed by atoms with E-state index in [2.05, 4.69) is 244 Å². The zero-order chi connectivity index (χ0) is 38.4. The molecular weight excluding hydrogens is 677 g/mol. The van der Waals surface area contributed by atoms with E-state index >= 15 is 0 Å². The minimum atomic E-state index is 1.13. The Morgan fingerprint density at radius 3 is 0.768 bits per heavy atom. The maximum absolute atomic E-state index is 2.33. The van der Waals surface area contributed by atoms with E-state index in [1.54, 1.807) is 0 Å². The smallest absolute Gasteiger partial charge is 0.0464 e. The molecule has 0 heterocycles. The summed E-state index contributed by atoms with van der Waals surface area (Å²) in [6, 6.07) is 70.1. The van der Waals surface area contributed by atoms with Crippen LogP contribution in [0.4, 0.5) is 34.1 Å². The molecule has 0 saturated heterocycles. The van der Waals surface area contributed by atoms with Crippen LogP contribution in [0.2, 0.25) is 0 Å². The highest BCUT2D eigenvalue weighted by molar-refractivity contribution is 5.81. The van der Waals surface area contributed by atoms with Gasteiger partial charge >= 0.3 is 0 Å². The summed E-state index contributed by atoms with van der Waals surface area (Å²) >= 11 is 0. The topological polar surface area (TPSA) is 6.48 Å². The lowest BCUT2D eigenvalue weighted by Crippen LogP contribution is -2.10. The summed E-state index contributed by atoms with van der Waals surface area (Å²) < 4.78 is 0. The molecule has 2 heteroatoms. The van der Waals surface area contributed by atoms with E-state index in [-0.39, 0.29) is 0 Å². The molecule has 272 valence electrons. The van der Waals surface area contributed by atoms with Crippen LogP contribution < -0.4 is 9.80 Å². The van der Waals surface area contributed by atoms with Gasteiger partial charge in [-0.25, -0.2) is 0 Å². The van der Waals surface area contributed by atoms with Gasteiger partial charge in [0.2, 0.25) is 0 Å². The van der Waals surface area contributed by atoms with E-state index in [0.717, 1.165) is 34.1 Å². The normalized spacial score (nSPS) is 11.1. The molecule has 8 aromatic carbocycles. The maximum Gasteiger partial charge on any atom is 0.0464 e. The molecule has 0 fully saturated rings. The maximum atomic E-state index is 2.33. The minimum absolute atomic E-state index is 1.13. The van der Waals surface area contributed by atoms with Gasteiger partial charge in [0, 0.05) is 34.1 Å². The SMILES string of the molecule is Cc1cccc(N(c2ccc(-c3ccc(/C=C/c4ccc(-c5ccc(N(c6cccc(C)c6)c6cccc(C)c6)cc5)cc4)cc3)cc2)c2cccc(C)c2)c1. The average molecular weight is 723 g/mol. The summed E-state index contributed by atoms with van der Waals surface area (Å²) in [7, 11) is 0. The van der Waals surface area contributed by atoms with Gasteiger partial charge in [-0.1, -0.05) is 133 Å². The highest BCUT2D eigenvalue weighted by Gasteiger charge is 2.15. The van der Waals surface area contributed by atoms with Crippen molar-refractivity contribution in [3.05, 3.63) is 228 Å². The molecule has 0 unspecified atom stereocenters. The first-order valence-electron chi connectivity index (χ1n) is 19.3. The molecule has 0 radical (unpaired) electrons. The molecule has 0 spiro atoms. The third kappa shape index (κ3) is 8.26. The lowest BCUT2D eigenvalue weighted by molar-refractivity contribution is 1.26. The van der Waals surface area contributed by atoms with E-state index in [9.17, 15) is 0 Å². The van der Waals surface area contributed by atoms with Gasteiger partial charge in [0.1, 0.15) is 0 Å². The Bertz CT molecular complexity index is 2320. The molecule has 0 bridgehead atoms. The van der Waals surface area contributed by atoms with Crippen LogP contribution in [0, 0.1) is 27.7 Å². The summed E-state index contributed by atoms with van der Waals surface area (Å²) in [5, 5.41) is 0. The van der Waals surface area contributed by atoms with Crippen LogP contribution in [-0.4, -0.2) is 0 Å². The van der Waals surface area contributed by atoms with Crippen molar-refractivity contribution in [1.82, 2.24) is 0 Å². The number of hydrogen-bond acceptors (Lipinski definition) is 2. The Morgan fingerprint density at radius 1 is 0.268 bits per heavy atom. The second kappa shape index (κ2) is 16.2. The van der Waals surface area contributed by atoms with Crippen LogP contribution in [0.5, 0.6) is 0 Å². The number of hydrogen-bond donors (Lipinski definition) is 0. The van der Waals surface area contributed by atoms with Crippen molar-refractivity contribution in [2.24, 2.45) is 0 Å². The Labute approximate surface area is 332 Å². The molecule has 0 amide bonds. The van der Waals surface area contributed by atoms with E-state index < -0.39 is 0 Å². The van der Waals surface area contributed by atoms with Gasteiger partial charge in [-0.15, -0.1) is 0 Å². The third-order valence-electron chi connectivity index (χ3n) is 10.2. The Hall–Kier alpha value is -6.90. The van der Waals surface area contributed by atoms with E-state index in [0.29, 0.717) is 0 Å². The molecule has 0 aromatic heterocycles. The van der Waals surface area contributed by atoms with Crippen molar-refractivity contribution in [3.8, 4) is 22.3 Å². The summed E-state index contributed by atoms with van der Waals surface area (Å²) in [5.74, 6) is 0. The fourth-order valence-corrected chi connectivity index (χ4v) is 7.33. The zero-order valence-corrected chi connectivity index (χ0v) is 32.5. The Kier molecular flexibility index (Phi) is 10.5. The molecule has 0 aliphatic carbocycles. The molecule has 8 rings (SSSR count). The number of anilines is 6. The van der Waals surface area contributed by atoms with Crippen molar-refractivity contribution in [3.63, 3.8) is 0 Å². The summed E-state index contributed by atoms with van der Waals surface area (Å²) in [4.78, 5) is 4.65. The first kappa shape index (κ1) is 36.1. The van der Waals surface area contributed by atoms with Crippen LogP contribution >= 0.6 is 0 Å². The standard InChI is InChI=1S/C54H46N2/c1-39-9-5-13-51(35-39)55(52-14-6-10-40(2)36-52)49-31-27-47(28-32-49)45-23-19-43(20-24-45)17-18-44-21-25-46(26-22-44)48-29-33-50(34-30-48)56(53-15-7-11-41(3)37-53)54-16-8-12-42(4)38-54/h5-38H,1-4H3/b18-17+. The number of nitrogens with zero attached hydrogens (tertiary/aromatic N) is 2. The molecule has 8 aromatic rings. The van der Waals surface area contributed by atoms with Crippen molar-refractivity contribution < 1.29 is 0 Å². The summed E-state index contributed by atoms with van der Waals surface area (Å²) in [6.07, 6.45) is 4.37. The quantitative estimate of drug-likeness (QED) is 0.130. The third-order valence-corrected chi connectivity index (χ3v) is 10.2.